The number of nitrogens with zero attached hydrogens (tertiary/aromatic N) is 2. The van der Waals surface area contributed by atoms with E-state index in [9.17, 15) is 4.79 Å². The summed E-state index contributed by atoms with van der Waals surface area (Å²) in [5, 5.41) is 10.7. The number of anilines is 2. The molecule has 0 radical (unpaired) electrons. The van der Waals surface area contributed by atoms with E-state index >= 15 is 0 Å². The predicted octanol–water partition coefficient (Wildman–Crippen LogP) is 4.34. The molecule has 0 fully saturated rings. The van der Waals surface area contributed by atoms with Crippen LogP contribution in [0.5, 0.6) is 0 Å². The van der Waals surface area contributed by atoms with Gasteiger partial charge in [-0.1, -0.05) is 27.5 Å². The van der Waals surface area contributed by atoms with Crippen LogP contribution in [0, 0.1) is 0 Å². The molecule has 1 amide bonds. The summed E-state index contributed by atoms with van der Waals surface area (Å²) in [4.78, 5) is 12.1. The minimum absolute atomic E-state index is 0.116. The smallest absolute Gasteiger partial charge is 0.243 e. The van der Waals surface area contributed by atoms with Crippen LogP contribution in [0.4, 0.5) is 11.4 Å². The highest BCUT2D eigenvalue weighted by Gasteiger charge is 2.08. The second-order valence-corrected chi connectivity index (χ2v) is 6.37. The van der Waals surface area contributed by atoms with Gasteiger partial charge in [-0.15, -0.1) is 0 Å². The van der Waals surface area contributed by atoms with Crippen LogP contribution in [0.2, 0.25) is 5.02 Å². The van der Waals surface area contributed by atoms with E-state index in [-0.39, 0.29) is 12.5 Å². The summed E-state index contributed by atoms with van der Waals surface area (Å²) in [6, 6.07) is 14.6. The number of rotatable bonds is 5. The van der Waals surface area contributed by atoms with Crippen molar-refractivity contribution in [2.24, 2.45) is 0 Å². The van der Waals surface area contributed by atoms with Gasteiger partial charge in [0, 0.05) is 27.6 Å². The maximum absolute atomic E-state index is 12.1. The van der Waals surface area contributed by atoms with Crippen molar-refractivity contribution in [1.29, 1.82) is 0 Å². The van der Waals surface area contributed by atoms with Crippen molar-refractivity contribution in [2.45, 2.75) is 0 Å². The van der Waals surface area contributed by atoms with Gasteiger partial charge in [-0.05, 0) is 48.5 Å². The number of hydrogen-bond acceptors (Lipinski definition) is 3. The van der Waals surface area contributed by atoms with Gasteiger partial charge in [0.1, 0.15) is 0 Å². The maximum atomic E-state index is 12.1. The van der Waals surface area contributed by atoms with Crippen molar-refractivity contribution < 1.29 is 4.79 Å². The van der Waals surface area contributed by atoms with Crippen molar-refractivity contribution >= 4 is 44.8 Å². The number of carbonyl (C=O) groups is 1. The number of benzene rings is 2. The largest absolute Gasteiger partial charge is 0.374 e. The molecule has 0 spiro atoms. The minimum atomic E-state index is -0.149. The SMILES string of the molecule is O=C(CNc1cc(Cl)ccc1-n1cccn1)Nc1ccc(Br)cc1. The molecule has 0 saturated heterocycles. The first kappa shape index (κ1) is 16.5. The lowest BCUT2D eigenvalue weighted by Gasteiger charge is -2.13. The molecule has 122 valence electrons. The minimum Gasteiger partial charge on any atom is -0.374 e. The molecular formula is C17H14BrClN4O. The lowest BCUT2D eigenvalue weighted by atomic mass is 10.2. The molecule has 0 unspecified atom stereocenters. The Bertz CT molecular complexity index is 834. The van der Waals surface area contributed by atoms with Crippen molar-refractivity contribution in [3.05, 3.63) is 70.4 Å². The Balaban J connectivity index is 1.69. The number of hydrogen-bond donors (Lipinski definition) is 2. The van der Waals surface area contributed by atoms with Crippen LogP contribution in [0.1, 0.15) is 0 Å². The van der Waals surface area contributed by atoms with Crippen LogP contribution in [0.15, 0.2) is 65.4 Å². The van der Waals surface area contributed by atoms with Gasteiger partial charge in [0.25, 0.3) is 0 Å². The Kier molecular flexibility index (Phi) is 5.17. The van der Waals surface area contributed by atoms with E-state index in [4.69, 9.17) is 11.6 Å². The molecule has 3 aromatic rings. The molecule has 24 heavy (non-hydrogen) atoms. The molecule has 1 heterocycles. The topological polar surface area (TPSA) is 59.0 Å². The monoisotopic (exact) mass is 404 g/mol. The molecular weight excluding hydrogens is 392 g/mol. The van der Waals surface area contributed by atoms with Crippen molar-refractivity contribution in [2.75, 3.05) is 17.2 Å². The van der Waals surface area contributed by atoms with Gasteiger partial charge in [-0.3, -0.25) is 4.79 Å². The quantitative estimate of drug-likeness (QED) is 0.664. The first-order chi connectivity index (χ1) is 11.6. The predicted molar refractivity (Wildman–Crippen MR) is 99.8 cm³/mol. The normalized spacial score (nSPS) is 10.4. The zero-order valence-electron chi connectivity index (χ0n) is 12.5. The molecule has 0 atom stereocenters. The Morgan fingerprint density at radius 1 is 1.21 bits per heavy atom. The van der Waals surface area contributed by atoms with E-state index in [0.29, 0.717) is 5.02 Å². The molecule has 3 rings (SSSR count). The van der Waals surface area contributed by atoms with Gasteiger partial charge in [0.2, 0.25) is 5.91 Å². The molecule has 1 aromatic heterocycles. The van der Waals surface area contributed by atoms with Gasteiger partial charge >= 0.3 is 0 Å². The lowest BCUT2D eigenvalue weighted by Crippen LogP contribution is -2.22. The van der Waals surface area contributed by atoms with Crippen LogP contribution >= 0.6 is 27.5 Å². The standard InChI is InChI=1S/C17H14BrClN4O/c18-12-2-5-14(6-3-12)22-17(24)11-20-15-10-13(19)4-7-16(15)23-9-1-8-21-23/h1-10,20H,11H2,(H,22,24). The van der Waals surface area contributed by atoms with Crippen LogP contribution < -0.4 is 10.6 Å². The fourth-order valence-corrected chi connectivity index (χ4v) is 2.61. The van der Waals surface area contributed by atoms with Crippen LogP contribution in [0.25, 0.3) is 5.69 Å². The van der Waals surface area contributed by atoms with Crippen LogP contribution in [-0.2, 0) is 4.79 Å². The highest BCUT2D eigenvalue weighted by Crippen LogP contribution is 2.24. The molecule has 0 aliphatic carbocycles. The van der Waals surface area contributed by atoms with Gasteiger partial charge < -0.3 is 10.6 Å². The van der Waals surface area contributed by atoms with Gasteiger partial charge in [0.05, 0.1) is 17.9 Å². The van der Waals surface area contributed by atoms with Gasteiger partial charge in [0.15, 0.2) is 0 Å². The number of aromatic nitrogens is 2. The molecule has 5 nitrogen and oxygen atoms in total. The molecule has 2 aromatic carbocycles. The summed E-state index contributed by atoms with van der Waals surface area (Å²) < 4.78 is 2.67. The van der Waals surface area contributed by atoms with Crippen molar-refractivity contribution in [1.82, 2.24) is 9.78 Å². The first-order valence-corrected chi connectivity index (χ1v) is 8.38. The van der Waals surface area contributed by atoms with Gasteiger partial charge in [-0.25, -0.2) is 4.68 Å². The molecule has 7 heteroatoms. The third-order valence-electron chi connectivity index (χ3n) is 3.28. The highest BCUT2D eigenvalue weighted by molar-refractivity contribution is 9.10. The van der Waals surface area contributed by atoms with E-state index in [1.807, 2.05) is 42.6 Å². The Labute approximate surface area is 152 Å². The number of nitrogens with one attached hydrogen (secondary N) is 2. The van der Waals surface area contributed by atoms with Crippen LogP contribution in [0.3, 0.4) is 0 Å². The zero-order chi connectivity index (χ0) is 16.9. The Morgan fingerprint density at radius 2 is 2.00 bits per heavy atom. The van der Waals surface area contributed by atoms with Crippen molar-refractivity contribution in [3.63, 3.8) is 0 Å². The Morgan fingerprint density at radius 3 is 2.71 bits per heavy atom. The number of halogens is 2. The first-order valence-electron chi connectivity index (χ1n) is 7.21. The average Bonchev–Trinajstić information content (AvgIpc) is 3.09. The molecule has 0 saturated carbocycles. The molecule has 0 aliphatic heterocycles. The van der Waals surface area contributed by atoms with E-state index in [1.165, 1.54) is 0 Å². The number of carbonyl (C=O) groups excluding carboxylic acids is 1. The summed E-state index contributed by atoms with van der Waals surface area (Å²) in [5.41, 5.74) is 2.29. The third kappa shape index (κ3) is 4.15. The summed E-state index contributed by atoms with van der Waals surface area (Å²) in [7, 11) is 0. The Hall–Kier alpha value is -2.31. The van der Waals surface area contributed by atoms with E-state index in [2.05, 4.69) is 31.7 Å². The van der Waals surface area contributed by atoms with E-state index < -0.39 is 0 Å². The number of amides is 1. The summed E-state index contributed by atoms with van der Waals surface area (Å²) in [6.07, 6.45) is 3.52. The molecule has 2 N–H and O–H groups in total. The lowest BCUT2D eigenvalue weighted by molar-refractivity contribution is -0.114. The van der Waals surface area contributed by atoms with E-state index in [1.54, 1.807) is 23.0 Å². The van der Waals surface area contributed by atoms with Gasteiger partial charge in [-0.2, -0.15) is 5.10 Å². The zero-order valence-corrected chi connectivity index (χ0v) is 14.9. The summed E-state index contributed by atoms with van der Waals surface area (Å²) in [6.45, 7) is 0.116. The maximum Gasteiger partial charge on any atom is 0.243 e. The van der Waals surface area contributed by atoms with Crippen LogP contribution in [-0.4, -0.2) is 22.2 Å². The molecule has 0 aliphatic rings. The van der Waals surface area contributed by atoms with Crippen molar-refractivity contribution in [3.8, 4) is 5.69 Å². The second-order valence-electron chi connectivity index (χ2n) is 5.02. The van der Waals surface area contributed by atoms with E-state index in [0.717, 1.165) is 21.5 Å². The molecule has 0 bridgehead atoms. The summed E-state index contributed by atoms with van der Waals surface area (Å²) in [5.74, 6) is -0.149. The fourth-order valence-electron chi connectivity index (χ4n) is 2.17. The summed E-state index contributed by atoms with van der Waals surface area (Å²) >= 11 is 9.42. The fraction of sp³-hybridized carbons (Fsp3) is 0.0588. The highest BCUT2D eigenvalue weighted by atomic mass is 79.9. The second kappa shape index (κ2) is 7.51. The third-order valence-corrected chi connectivity index (χ3v) is 4.04. The average molecular weight is 406 g/mol.